The largest absolute Gasteiger partial charge is 0.355 e. The second-order valence-electron chi connectivity index (χ2n) is 5.51. The Labute approximate surface area is 99.8 Å². The van der Waals surface area contributed by atoms with Crippen molar-refractivity contribution in [2.45, 2.75) is 27.2 Å². The van der Waals surface area contributed by atoms with E-state index in [2.05, 4.69) is 25.8 Å². The number of nitrogens with zero attached hydrogens (tertiary/aromatic N) is 1. The van der Waals surface area contributed by atoms with Gasteiger partial charge in [0.2, 0.25) is 0 Å². The maximum Gasteiger partial charge on any atom is 0.294 e. The molecule has 0 aliphatic heterocycles. The fraction of sp³-hybridized carbons (Fsp3) is 0.385. The number of aromatic amines is 1. The Morgan fingerprint density at radius 1 is 1.35 bits per heavy atom. The predicted molar refractivity (Wildman–Crippen MR) is 68.1 cm³/mol. The molecule has 2 rings (SSSR count). The molecule has 0 unspecified atom stereocenters. The van der Waals surface area contributed by atoms with Gasteiger partial charge in [-0.2, -0.15) is 0 Å². The number of nitrogens with one attached hydrogen (secondary N) is 1. The number of benzene rings is 1. The van der Waals surface area contributed by atoms with Crippen LogP contribution in [0.5, 0.6) is 0 Å². The Bertz CT molecular complexity index is 564. The van der Waals surface area contributed by atoms with Crippen LogP contribution in [0, 0.1) is 15.5 Å². The van der Waals surface area contributed by atoms with E-state index in [1.165, 1.54) is 6.20 Å². The third-order valence-electron chi connectivity index (χ3n) is 2.69. The van der Waals surface area contributed by atoms with Crippen molar-refractivity contribution < 1.29 is 4.92 Å². The highest BCUT2D eigenvalue weighted by molar-refractivity contribution is 5.92. The summed E-state index contributed by atoms with van der Waals surface area (Å²) < 4.78 is 0. The molecule has 0 atom stereocenters. The average molecular weight is 232 g/mol. The van der Waals surface area contributed by atoms with Crippen LogP contribution in [0.15, 0.2) is 24.4 Å². The van der Waals surface area contributed by atoms with Gasteiger partial charge < -0.3 is 4.98 Å². The van der Waals surface area contributed by atoms with Crippen molar-refractivity contribution in [3.05, 3.63) is 40.1 Å². The van der Waals surface area contributed by atoms with E-state index in [4.69, 9.17) is 0 Å². The summed E-state index contributed by atoms with van der Waals surface area (Å²) in [5.41, 5.74) is 2.14. The Morgan fingerprint density at radius 3 is 2.65 bits per heavy atom. The zero-order chi connectivity index (χ0) is 12.6. The SMILES string of the molecule is CC(C)(C)Cc1cccc2[nH]cc([N+](=O)[O-])c12. The van der Waals surface area contributed by atoms with Crippen LogP contribution in [0.3, 0.4) is 0 Å². The number of rotatable bonds is 2. The molecule has 4 heteroatoms. The maximum atomic E-state index is 11.0. The molecule has 90 valence electrons. The lowest BCUT2D eigenvalue weighted by Crippen LogP contribution is -2.09. The summed E-state index contributed by atoms with van der Waals surface area (Å²) in [7, 11) is 0. The van der Waals surface area contributed by atoms with Gasteiger partial charge >= 0.3 is 0 Å². The molecular weight excluding hydrogens is 216 g/mol. The minimum Gasteiger partial charge on any atom is -0.355 e. The summed E-state index contributed by atoms with van der Waals surface area (Å²) in [6.07, 6.45) is 2.29. The topological polar surface area (TPSA) is 58.9 Å². The third-order valence-corrected chi connectivity index (χ3v) is 2.69. The Morgan fingerprint density at radius 2 is 2.06 bits per heavy atom. The van der Waals surface area contributed by atoms with E-state index in [9.17, 15) is 10.1 Å². The van der Waals surface area contributed by atoms with Crippen molar-refractivity contribution in [2.75, 3.05) is 0 Å². The molecule has 0 spiro atoms. The lowest BCUT2D eigenvalue weighted by atomic mass is 9.87. The first-order chi connectivity index (χ1) is 7.88. The minimum absolute atomic E-state index is 0.111. The number of hydrogen-bond acceptors (Lipinski definition) is 2. The van der Waals surface area contributed by atoms with Crippen LogP contribution in [0.2, 0.25) is 0 Å². The van der Waals surface area contributed by atoms with Crippen LogP contribution in [-0.2, 0) is 6.42 Å². The third kappa shape index (κ3) is 2.30. The normalized spacial score (nSPS) is 11.9. The van der Waals surface area contributed by atoms with Gasteiger partial charge in [-0.15, -0.1) is 0 Å². The van der Waals surface area contributed by atoms with Crippen molar-refractivity contribution in [2.24, 2.45) is 5.41 Å². The summed E-state index contributed by atoms with van der Waals surface area (Å²) in [5, 5.41) is 11.7. The molecule has 17 heavy (non-hydrogen) atoms. The summed E-state index contributed by atoms with van der Waals surface area (Å²) in [5.74, 6) is 0. The van der Waals surface area contributed by atoms with Gasteiger partial charge in [0.1, 0.15) is 0 Å². The second-order valence-corrected chi connectivity index (χ2v) is 5.51. The Hall–Kier alpha value is -1.84. The molecule has 1 heterocycles. The van der Waals surface area contributed by atoms with E-state index in [0.717, 1.165) is 22.9 Å². The number of aromatic nitrogens is 1. The number of H-pyrrole nitrogens is 1. The molecule has 0 aliphatic carbocycles. The van der Waals surface area contributed by atoms with Crippen LogP contribution >= 0.6 is 0 Å². The highest BCUT2D eigenvalue weighted by atomic mass is 16.6. The molecule has 1 N–H and O–H groups in total. The molecule has 0 radical (unpaired) electrons. The predicted octanol–water partition coefficient (Wildman–Crippen LogP) is 3.66. The maximum absolute atomic E-state index is 11.0. The molecule has 1 aromatic heterocycles. The van der Waals surface area contributed by atoms with Crippen molar-refractivity contribution in [1.29, 1.82) is 0 Å². The van der Waals surface area contributed by atoms with E-state index >= 15 is 0 Å². The fourth-order valence-corrected chi connectivity index (χ4v) is 2.10. The molecule has 2 aromatic rings. The van der Waals surface area contributed by atoms with Gasteiger partial charge in [0.15, 0.2) is 0 Å². The quantitative estimate of drug-likeness (QED) is 0.634. The monoisotopic (exact) mass is 232 g/mol. The Balaban J connectivity index is 2.62. The molecule has 1 aromatic carbocycles. The zero-order valence-electron chi connectivity index (χ0n) is 10.3. The van der Waals surface area contributed by atoms with E-state index in [1.807, 2.05) is 18.2 Å². The van der Waals surface area contributed by atoms with Crippen LogP contribution in [0.1, 0.15) is 26.3 Å². The first-order valence-electron chi connectivity index (χ1n) is 5.62. The number of nitro groups is 1. The van der Waals surface area contributed by atoms with Crippen LogP contribution in [0.25, 0.3) is 10.9 Å². The zero-order valence-corrected chi connectivity index (χ0v) is 10.3. The van der Waals surface area contributed by atoms with Gasteiger partial charge in [0.25, 0.3) is 5.69 Å². The van der Waals surface area contributed by atoms with Crippen molar-refractivity contribution in [1.82, 2.24) is 4.98 Å². The molecule has 0 amide bonds. The van der Waals surface area contributed by atoms with Crippen molar-refractivity contribution in [3.63, 3.8) is 0 Å². The molecule has 0 aliphatic rings. The van der Waals surface area contributed by atoms with E-state index < -0.39 is 0 Å². The highest BCUT2D eigenvalue weighted by Crippen LogP contribution is 2.32. The van der Waals surface area contributed by atoms with Crippen molar-refractivity contribution >= 4 is 16.6 Å². The molecule has 0 bridgehead atoms. The summed E-state index contributed by atoms with van der Waals surface area (Å²) in [6.45, 7) is 6.39. The van der Waals surface area contributed by atoms with Gasteiger partial charge in [0.05, 0.1) is 22.0 Å². The second kappa shape index (κ2) is 3.87. The fourth-order valence-electron chi connectivity index (χ4n) is 2.10. The summed E-state index contributed by atoms with van der Waals surface area (Å²) >= 11 is 0. The van der Waals surface area contributed by atoms with Crippen molar-refractivity contribution in [3.8, 4) is 0 Å². The lowest BCUT2D eigenvalue weighted by Gasteiger charge is -2.18. The Kier molecular flexibility index (Phi) is 2.65. The minimum atomic E-state index is -0.328. The van der Waals surface area contributed by atoms with Gasteiger partial charge in [-0.25, -0.2) is 0 Å². The molecular formula is C13H16N2O2. The standard InChI is InChI=1S/C13H16N2O2/c1-13(2,3)7-9-5-4-6-10-12(9)11(8-14-10)15(16)17/h4-6,8,14H,7H2,1-3H3. The first kappa shape index (κ1) is 11.6. The number of fused-ring (bicyclic) bond motifs is 1. The van der Waals surface area contributed by atoms with Gasteiger partial charge in [-0.3, -0.25) is 10.1 Å². The van der Waals surface area contributed by atoms with Gasteiger partial charge in [-0.1, -0.05) is 32.9 Å². The molecule has 0 saturated carbocycles. The highest BCUT2D eigenvalue weighted by Gasteiger charge is 2.20. The smallest absolute Gasteiger partial charge is 0.294 e. The molecule has 0 saturated heterocycles. The van der Waals surface area contributed by atoms with Crippen LogP contribution in [0.4, 0.5) is 5.69 Å². The molecule has 0 fully saturated rings. The molecule has 4 nitrogen and oxygen atoms in total. The summed E-state index contributed by atoms with van der Waals surface area (Å²) in [6, 6.07) is 5.77. The first-order valence-corrected chi connectivity index (χ1v) is 5.62. The average Bonchev–Trinajstić information content (AvgIpc) is 2.59. The van der Waals surface area contributed by atoms with Gasteiger partial charge in [-0.05, 0) is 23.5 Å². The number of hydrogen-bond donors (Lipinski definition) is 1. The van der Waals surface area contributed by atoms with Gasteiger partial charge in [0, 0.05) is 0 Å². The van der Waals surface area contributed by atoms with E-state index in [0.29, 0.717) is 0 Å². The van der Waals surface area contributed by atoms with E-state index in [1.54, 1.807) is 0 Å². The lowest BCUT2D eigenvalue weighted by molar-refractivity contribution is -0.383. The summed E-state index contributed by atoms with van der Waals surface area (Å²) in [4.78, 5) is 13.6. The van der Waals surface area contributed by atoms with E-state index in [-0.39, 0.29) is 16.0 Å². The van der Waals surface area contributed by atoms with Crippen LogP contribution in [-0.4, -0.2) is 9.91 Å². The van der Waals surface area contributed by atoms with Crippen LogP contribution < -0.4 is 0 Å².